The Bertz CT molecular complexity index is 1040. The van der Waals surface area contributed by atoms with Gasteiger partial charge in [0.1, 0.15) is 11.5 Å². The van der Waals surface area contributed by atoms with Gasteiger partial charge in [0.05, 0.1) is 11.4 Å². The van der Waals surface area contributed by atoms with E-state index in [0.717, 1.165) is 60.3 Å². The molecule has 0 saturated heterocycles. The summed E-state index contributed by atoms with van der Waals surface area (Å²) >= 11 is 0. The Morgan fingerprint density at radius 2 is 1.65 bits per heavy atom. The summed E-state index contributed by atoms with van der Waals surface area (Å²) in [5.41, 5.74) is 16.9. The summed E-state index contributed by atoms with van der Waals surface area (Å²) in [6.45, 7) is 18.1. The lowest BCUT2D eigenvalue weighted by molar-refractivity contribution is 0.162. The first-order chi connectivity index (χ1) is 17.7. The first-order valence-corrected chi connectivity index (χ1v) is 13.2. The quantitative estimate of drug-likeness (QED) is 0.298. The van der Waals surface area contributed by atoms with Gasteiger partial charge < -0.3 is 31.0 Å². The van der Waals surface area contributed by atoms with Crippen LogP contribution in [0.1, 0.15) is 73.9 Å². The molecule has 1 heterocycles. The molecule has 1 aromatic carbocycles. The zero-order valence-electron chi connectivity index (χ0n) is 24.1. The second-order valence-electron chi connectivity index (χ2n) is 8.68. The molecule has 37 heavy (non-hydrogen) atoms. The van der Waals surface area contributed by atoms with Crippen LogP contribution in [-0.4, -0.2) is 28.0 Å². The standard InChI is InChI=1S/C21H23N3O2.C4H10O.C4H10.C2H6/c1-2-3-14(13-22)19-10-11-20(18-9-8-17(25)12-21(18)26)24(19)16-6-4-15(23)5-7-16;1-3-5-4-2;1-4(2)3;1-2/h2-4,6,8-13,25-26H,5,7,22-23H2,1H3;3-4H2,1-2H3;4H,1-3H3;1-2H3/b3-2-,14-13+;;;. The van der Waals surface area contributed by atoms with Crippen molar-refractivity contribution in [2.24, 2.45) is 17.4 Å². The molecule has 206 valence electrons. The minimum absolute atomic E-state index is 0.0201. The van der Waals surface area contributed by atoms with Crippen LogP contribution < -0.4 is 11.5 Å². The molecule has 6 N–H and O–H groups in total. The van der Waals surface area contributed by atoms with Gasteiger partial charge in [-0.05, 0) is 75.9 Å². The van der Waals surface area contributed by atoms with Crippen LogP contribution in [0.25, 0.3) is 22.5 Å². The van der Waals surface area contributed by atoms with Gasteiger partial charge in [-0.3, -0.25) is 0 Å². The SMILES string of the molecule is C/C=C\C(=C/N)c1ccc(-c2ccc(O)cc2O)n1C1=CC=C(N)CC1.CC.CC(C)C.CCOCC. The highest BCUT2D eigenvalue weighted by Crippen LogP contribution is 2.38. The molecule has 3 rings (SSSR count). The van der Waals surface area contributed by atoms with Gasteiger partial charge >= 0.3 is 0 Å². The van der Waals surface area contributed by atoms with Gasteiger partial charge in [0.25, 0.3) is 0 Å². The fourth-order valence-electron chi connectivity index (χ4n) is 3.36. The van der Waals surface area contributed by atoms with Gasteiger partial charge in [0.15, 0.2) is 0 Å². The maximum Gasteiger partial charge on any atom is 0.128 e. The van der Waals surface area contributed by atoms with Crippen LogP contribution in [-0.2, 0) is 4.74 Å². The first-order valence-electron chi connectivity index (χ1n) is 13.2. The van der Waals surface area contributed by atoms with Crippen molar-refractivity contribution in [3.05, 3.63) is 72.2 Å². The van der Waals surface area contributed by atoms with E-state index in [-0.39, 0.29) is 11.5 Å². The number of phenols is 2. The molecule has 6 nitrogen and oxygen atoms in total. The Balaban J connectivity index is 0.00000100. The van der Waals surface area contributed by atoms with E-state index in [9.17, 15) is 10.2 Å². The van der Waals surface area contributed by atoms with Gasteiger partial charge in [-0.2, -0.15) is 0 Å². The van der Waals surface area contributed by atoms with Crippen LogP contribution in [0, 0.1) is 5.92 Å². The van der Waals surface area contributed by atoms with Gasteiger partial charge in [0.2, 0.25) is 0 Å². The lowest BCUT2D eigenvalue weighted by Gasteiger charge is -2.20. The topological polar surface area (TPSA) is 107 Å². The van der Waals surface area contributed by atoms with Crippen molar-refractivity contribution in [3.63, 3.8) is 0 Å². The number of aromatic nitrogens is 1. The summed E-state index contributed by atoms with van der Waals surface area (Å²) in [7, 11) is 0. The molecule has 0 atom stereocenters. The summed E-state index contributed by atoms with van der Waals surface area (Å²) < 4.78 is 6.91. The lowest BCUT2D eigenvalue weighted by Crippen LogP contribution is -2.09. The molecule has 1 aliphatic carbocycles. The van der Waals surface area contributed by atoms with Crippen molar-refractivity contribution in [1.29, 1.82) is 0 Å². The molecule has 1 aromatic heterocycles. The van der Waals surface area contributed by atoms with Gasteiger partial charge in [0, 0.05) is 48.0 Å². The molecule has 0 aliphatic heterocycles. The first kappa shape index (κ1) is 33.6. The highest BCUT2D eigenvalue weighted by atomic mass is 16.5. The van der Waals surface area contributed by atoms with E-state index in [1.165, 1.54) is 6.07 Å². The Kier molecular flexibility index (Phi) is 17.1. The minimum Gasteiger partial charge on any atom is -0.508 e. The average molecular weight is 512 g/mol. The summed E-state index contributed by atoms with van der Waals surface area (Å²) in [6, 6.07) is 8.52. The smallest absolute Gasteiger partial charge is 0.128 e. The number of nitrogens with two attached hydrogens (primary N) is 2. The molecule has 0 saturated carbocycles. The van der Waals surface area contributed by atoms with Gasteiger partial charge in [-0.15, -0.1) is 0 Å². The Morgan fingerprint density at radius 1 is 1.03 bits per heavy atom. The highest BCUT2D eigenvalue weighted by Gasteiger charge is 2.19. The van der Waals surface area contributed by atoms with Crippen molar-refractivity contribution in [3.8, 4) is 22.8 Å². The van der Waals surface area contributed by atoms with E-state index in [4.69, 9.17) is 16.2 Å². The van der Waals surface area contributed by atoms with Crippen molar-refractivity contribution in [1.82, 2.24) is 4.57 Å². The molecule has 1 aliphatic rings. The van der Waals surface area contributed by atoms with Crippen LogP contribution in [0.15, 0.2) is 66.5 Å². The van der Waals surface area contributed by atoms with Crippen LogP contribution in [0.5, 0.6) is 11.5 Å². The van der Waals surface area contributed by atoms with Crippen molar-refractivity contribution in [2.45, 2.75) is 68.2 Å². The van der Waals surface area contributed by atoms with E-state index in [1.807, 2.05) is 71.1 Å². The number of nitrogens with zero attached hydrogens (tertiary/aromatic N) is 1. The fraction of sp³-hybridized carbons (Fsp3) is 0.419. The van der Waals surface area contributed by atoms with Crippen LogP contribution >= 0.6 is 0 Å². The van der Waals surface area contributed by atoms with E-state index < -0.39 is 0 Å². The summed E-state index contributed by atoms with van der Waals surface area (Å²) in [5, 5.41) is 19.9. The number of hydrogen-bond donors (Lipinski definition) is 4. The maximum atomic E-state index is 10.3. The Morgan fingerprint density at radius 3 is 2.08 bits per heavy atom. The number of hydrogen-bond acceptors (Lipinski definition) is 5. The molecule has 0 fully saturated rings. The zero-order valence-corrected chi connectivity index (χ0v) is 24.1. The largest absolute Gasteiger partial charge is 0.508 e. The van der Waals surface area contributed by atoms with E-state index in [0.29, 0.717) is 5.56 Å². The highest BCUT2D eigenvalue weighted by molar-refractivity contribution is 5.81. The third kappa shape index (κ3) is 11.5. The second kappa shape index (κ2) is 18.8. The van der Waals surface area contributed by atoms with E-state index >= 15 is 0 Å². The Hall–Kier alpha value is -3.38. The molecule has 2 aromatic rings. The maximum absolute atomic E-state index is 10.3. The van der Waals surface area contributed by atoms with E-state index in [2.05, 4.69) is 25.3 Å². The fourth-order valence-corrected chi connectivity index (χ4v) is 3.36. The van der Waals surface area contributed by atoms with Crippen LogP contribution in [0.4, 0.5) is 0 Å². The molecule has 0 bridgehead atoms. The number of allylic oxidation sites excluding steroid dienone is 7. The number of rotatable bonds is 6. The van der Waals surface area contributed by atoms with Gasteiger partial charge in [-0.1, -0.05) is 46.8 Å². The van der Waals surface area contributed by atoms with Crippen LogP contribution in [0.2, 0.25) is 0 Å². The summed E-state index contributed by atoms with van der Waals surface area (Å²) in [6.07, 6.45) is 10.9. The zero-order chi connectivity index (χ0) is 28.4. The molecule has 0 spiro atoms. The van der Waals surface area contributed by atoms with Crippen LogP contribution in [0.3, 0.4) is 0 Å². The molecule has 0 unspecified atom stereocenters. The molecular formula is C31H49N3O3. The molecule has 0 amide bonds. The average Bonchev–Trinajstić information content (AvgIpc) is 3.29. The van der Waals surface area contributed by atoms with E-state index in [1.54, 1.807) is 18.3 Å². The van der Waals surface area contributed by atoms with Crippen molar-refractivity contribution in [2.75, 3.05) is 13.2 Å². The third-order valence-corrected chi connectivity index (χ3v) is 4.81. The number of benzene rings is 1. The number of phenolic OH excluding ortho intramolecular Hbond substituents is 2. The normalized spacial score (nSPS) is 12.9. The molecule has 6 heteroatoms. The van der Waals surface area contributed by atoms with Crippen molar-refractivity contribution < 1.29 is 14.9 Å². The molecular weight excluding hydrogens is 462 g/mol. The number of ether oxygens (including phenoxy) is 1. The second-order valence-corrected chi connectivity index (χ2v) is 8.68. The predicted molar refractivity (Wildman–Crippen MR) is 160 cm³/mol. The third-order valence-electron chi connectivity index (χ3n) is 4.81. The van der Waals surface area contributed by atoms with Crippen molar-refractivity contribution >= 4 is 11.3 Å². The summed E-state index contributed by atoms with van der Waals surface area (Å²) in [5.74, 6) is 0.875. The number of aromatic hydroxyl groups is 2. The predicted octanol–water partition coefficient (Wildman–Crippen LogP) is 7.65. The van der Waals surface area contributed by atoms with Gasteiger partial charge in [-0.25, -0.2) is 0 Å². The molecule has 0 radical (unpaired) electrons. The lowest BCUT2D eigenvalue weighted by atomic mass is 10.1. The monoisotopic (exact) mass is 511 g/mol. The summed E-state index contributed by atoms with van der Waals surface area (Å²) in [4.78, 5) is 0. The Labute approximate surface area is 224 Å². The minimum atomic E-state index is 0.0201.